The van der Waals surface area contributed by atoms with Gasteiger partial charge in [-0.2, -0.15) is 0 Å². The first kappa shape index (κ1) is 8.52. The van der Waals surface area contributed by atoms with Gasteiger partial charge in [-0.15, -0.1) is 0 Å². The van der Waals surface area contributed by atoms with Gasteiger partial charge in [-0.1, -0.05) is 43.3 Å². The van der Waals surface area contributed by atoms with Crippen LogP contribution in [-0.2, 0) is 0 Å². The van der Waals surface area contributed by atoms with Crippen LogP contribution in [0.15, 0.2) is 36.4 Å². The number of rotatable bonds is 1. The van der Waals surface area contributed by atoms with Gasteiger partial charge < -0.3 is 5.32 Å². The minimum atomic E-state index is 0.656. The average molecular weight is 173 g/mol. The Morgan fingerprint density at radius 3 is 2.69 bits per heavy atom. The van der Waals surface area contributed by atoms with Crippen molar-refractivity contribution in [1.82, 2.24) is 5.32 Å². The Hall–Kier alpha value is -1.08. The van der Waals surface area contributed by atoms with Crippen molar-refractivity contribution in [3.63, 3.8) is 0 Å². The van der Waals surface area contributed by atoms with E-state index in [9.17, 15) is 0 Å². The number of hydrogen-bond acceptors (Lipinski definition) is 1. The maximum absolute atomic E-state index is 3.41. The first-order valence-corrected chi connectivity index (χ1v) is 4.83. The fraction of sp³-hybridized carbons (Fsp3) is 0.333. The zero-order valence-electron chi connectivity index (χ0n) is 7.96. The summed E-state index contributed by atoms with van der Waals surface area (Å²) in [7, 11) is 0. The summed E-state index contributed by atoms with van der Waals surface area (Å²) in [6.45, 7) is 4.36. The summed E-state index contributed by atoms with van der Waals surface area (Å²) in [5, 5.41) is 3.41. The van der Waals surface area contributed by atoms with Gasteiger partial charge in [-0.3, -0.25) is 0 Å². The molecule has 1 aromatic rings. The summed E-state index contributed by atoms with van der Waals surface area (Å²) in [5.41, 5.74) is 2.78. The van der Waals surface area contributed by atoms with Gasteiger partial charge in [0.05, 0.1) is 0 Å². The molecule has 0 spiro atoms. The summed E-state index contributed by atoms with van der Waals surface area (Å²) in [6, 6.07) is 10.6. The quantitative estimate of drug-likeness (QED) is 0.687. The van der Waals surface area contributed by atoms with Gasteiger partial charge in [0, 0.05) is 13.1 Å². The molecule has 1 aromatic carbocycles. The summed E-state index contributed by atoms with van der Waals surface area (Å²) in [4.78, 5) is 0. The lowest BCUT2D eigenvalue weighted by atomic mass is 9.98. The Morgan fingerprint density at radius 1 is 1.23 bits per heavy atom. The standard InChI is InChI=1S/C12H15N/c1-10-7-12(9-13-8-10)11-5-3-2-4-6-11/h2-7,10,13H,8-9H2,1H3. The second kappa shape index (κ2) is 3.75. The van der Waals surface area contributed by atoms with E-state index < -0.39 is 0 Å². The van der Waals surface area contributed by atoms with Gasteiger partial charge in [0.2, 0.25) is 0 Å². The molecule has 1 aliphatic rings. The third-order valence-electron chi connectivity index (χ3n) is 2.41. The Labute approximate surface area is 79.5 Å². The Kier molecular flexibility index (Phi) is 2.46. The molecule has 1 nitrogen and oxygen atoms in total. The summed E-state index contributed by atoms with van der Waals surface area (Å²) >= 11 is 0. The third kappa shape index (κ3) is 1.99. The van der Waals surface area contributed by atoms with E-state index >= 15 is 0 Å². The minimum Gasteiger partial charge on any atom is -0.312 e. The van der Waals surface area contributed by atoms with E-state index in [1.807, 2.05) is 0 Å². The maximum Gasteiger partial charge on any atom is 0.0208 e. The largest absolute Gasteiger partial charge is 0.312 e. The molecule has 0 aromatic heterocycles. The van der Waals surface area contributed by atoms with Gasteiger partial charge in [0.15, 0.2) is 0 Å². The first-order valence-electron chi connectivity index (χ1n) is 4.83. The van der Waals surface area contributed by atoms with Crippen molar-refractivity contribution in [2.24, 2.45) is 5.92 Å². The fourth-order valence-corrected chi connectivity index (χ4v) is 1.75. The molecular weight excluding hydrogens is 158 g/mol. The highest BCUT2D eigenvalue weighted by molar-refractivity contribution is 5.67. The van der Waals surface area contributed by atoms with Crippen molar-refractivity contribution in [3.05, 3.63) is 42.0 Å². The van der Waals surface area contributed by atoms with Crippen LogP contribution in [0.4, 0.5) is 0 Å². The van der Waals surface area contributed by atoms with Crippen molar-refractivity contribution in [2.75, 3.05) is 13.1 Å². The smallest absolute Gasteiger partial charge is 0.0208 e. The third-order valence-corrected chi connectivity index (χ3v) is 2.41. The highest BCUT2D eigenvalue weighted by Gasteiger charge is 2.09. The summed E-state index contributed by atoms with van der Waals surface area (Å²) < 4.78 is 0. The van der Waals surface area contributed by atoms with Crippen LogP contribution >= 0.6 is 0 Å². The highest BCUT2D eigenvalue weighted by Crippen LogP contribution is 2.18. The van der Waals surface area contributed by atoms with Crippen LogP contribution in [-0.4, -0.2) is 13.1 Å². The average Bonchev–Trinajstić information content (AvgIpc) is 2.19. The van der Waals surface area contributed by atoms with E-state index in [0.29, 0.717) is 5.92 Å². The van der Waals surface area contributed by atoms with E-state index in [2.05, 4.69) is 48.6 Å². The summed E-state index contributed by atoms with van der Waals surface area (Å²) in [5.74, 6) is 0.656. The molecule has 1 heteroatoms. The SMILES string of the molecule is CC1C=C(c2ccccc2)CNC1. The van der Waals surface area contributed by atoms with Crippen molar-refractivity contribution in [3.8, 4) is 0 Å². The molecule has 2 rings (SSSR count). The predicted molar refractivity (Wildman–Crippen MR) is 56.5 cm³/mol. The van der Waals surface area contributed by atoms with Crippen molar-refractivity contribution in [2.45, 2.75) is 6.92 Å². The van der Waals surface area contributed by atoms with Crippen LogP contribution in [0.2, 0.25) is 0 Å². The molecule has 0 saturated heterocycles. The molecule has 0 radical (unpaired) electrons. The highest BCUT2D eigenvalue weighted by atomic mass is 14.9. The predicted octanol–water partition coefficient (Wildman–Crippen LogP) is 2.31. The summed E-state index contributed by atoms with van der Waals surface area (Å²) in [6.07, 6.45) is 2.37. The van der Waals surface area contributed by atoms with Crippen LogP contribution < -0.4 is 5.32 Å². The second-order valence-corrected chi connectivity index (χ2v) is 3.67. The lowest BCUT2D eigenvalue weighted by molar-refractivity contribution is 0.607. The molecule has 1 unspecified atom stereocenters. The van der Waals surface area contributed by atoms with E-state index in [1.165, 1.54) is 11.1 Å². The molecule has 1 aliphatic heterocycles. The van der Waals surface area contributed by atoms with Crippen LogP contribution in [0, 0.1) is 5.92 Å². The molecule has 0 aliphatic carbocycles. The van der Waals surface area contributed by atoms with Gasteiger partial charge in [0.25, 0.3) is 0 Å². The molecule has 68 valence electrons. The van der Waals surface area contributed by atoms with Crippen LogP contribution in [0.1, 0.15) is 12.5 Å². The van der Waals surface area contributed by atoms with Crippen molar-refractivity contribution in [1.29, 1.82) is 0 Å². The number of nitrogens with one attached hydrogen (secondary N) is 1. The van der Waals surface area contributed by atoms with E-state index in [0.717, 1.165) is 13.1 Å². The van der Waals surface area contributed by atoms with Crippen LogP contribution in [0.3, 0.4) is 0 Å². The van der Waals surface area contributed by atoms with Crippen molar-refractivity contribution < 1.29 is 0 Å². The molecule has 0 saturated carbocycles. The maximum atomic E-state index is 3.41. The molecule has 1 heterocycles. The molecular formula is C12H15N. The molecule has 0 fully saturated rings. The topological polar surface area (TPSA) is 12.0 Å². The Morgan fingerprint density at radius 2 is 2.00 bits per heavy atom. The lowest BCUT2D eigenvalue weighted by Gasteiger charge is -2.19. The Balaban J connectivity index is 2.26. The van der Waals surface area contributed by atoms with E-state index in [-0.39, 0.29) is 0 Å². The monoisotopic (exact) mass is 173 g/mol. The van der Waals surface area contributed by atoms with Crippen LogP contribution in [0.25, 0.3) is 5.57 Å². The molecule has 0 bridgehead atoms. The van der Waals surface area contributed by atoms with Gasteiger partial charge in [-0.05, 0) is 17.1 Å². The molecule has 1 atom stereocenters. The van der Waals surface area contributed by atoms with Crippen molar-refractivity contribution >= 4 is 5.57 Å². The van der Waals surface area contributed by atoms with E-state index in [4.69, 9.17) is 0 Å². The lowest BCUT2D eigenvalue weighted by Crippen LogP contribution is -2.26. The van der Waals surface area contributed by atoms with Gasteiger partial charge >= 0.3 is 0 Å². The van der Waals surface area contributed by atoms with Gasteiger partial charge in [0.1, 0.15) is 0 Å². The Bertz CT molecular complexity index is 300. The number of hydrogen-bond donors (Lipinski definition) is 1. The zero-order chi connectivity index (χ0) is 9.10. The minimum absolute atomic E-state index is 0.656. The zero-order valence-corrected chi connectivity index (χ0v) is 7.96. The molecule has 13 heavy (non-hydrogen) atoms. The van der Waals surface area contributed by atoms with Crippen LogP contribution in [0.5, 0.6) is 0 Å². The first-order chi connectivity index (χ1) is 6.36. The second-order valence-electron chi connectivity index (χ2n) is 3.67. The normalized spacial score (nSPS) is 22.5. The van der Waals surface area contributed by atoms with Gasteiger partial charge in [-0.25, -0.2) is 0 Å². The fourth-order valence-electron chi connectivity index (χ4n) is 1.75. The molecule has 1 N–H and O–H groups in total. The van der Waals surface area contributed by atoms with E-state index in [1.54, 1.807) is 0 Å². The molecule has 0 amide bonds. The number of benzene rings is 1.